The average molecular weight is 230 g/mol. The van der Waals surface area contributed by atoms with Crippen LogP contribution in [0.5, 0.6) is 0 Å². The molecular weight excluding hydrogens is 208 g/mol. The molecule has 0 amide bonds. The number of hydrogen-bond donors (Lipinski definition) is 0. The van der Waals surface area contributed by atoms with Gasteiger partial charge in [0.25, 0.3) is 0 Å². The zero-order valence-electron chi connectivity index (χ0n) is 8.96. The van der Waals surface area contributed by atoms with Gasteiger partial charge in [-0.25, -0.2) is 0 Å². The predicted octanol–water partition coefficient (Wildman–Crippen LogP) is 4.35. The van der Waals surface area contributed by atoms with Gasteiger partial charge in [0.05, 0.1) is 0 Å². The van der Waals surface area contributed by atoms with Gasteiger partial charge in [-0.05, 0) is 13.8 Å². The summed E-state index contributed by atoms with van der Waals surface area (Å²) in [6.07, 6.45) is 4.10. The summed E-state index contributed by atoms with van der Waals surface area (Å²) < 4.78 is 0. The molecule has 0 saturated heterocycles. The van der Waals surface area contributed by atoms with Crippen LogP contribution in [0.25, 0.3) is 0 Å². The Balaban J connectivity index is -0.000000143. The van der Waals surface area contributed by atoms with Gasteiger partial charge in [0.15, 0.2) is 0 Å². The van der Waals surface area contributed by atoms with E-state index in [1.54, 1.807) is 0 Å². The molecule has 0 saturated carbocycles. The maximum absolute atomic E-state index is 3.70. The molecule has 1 radical (unpaired) electrons. The van der Waals surface area contributed by atoms with E-state index >= 15 is 0 Å². The third-order valence-electron chi connectivity index (χ3n) is 1.21. The summed E-state index contributed by atoms with van der Waals surface area (Å²) in [7, 11) is 0. The third-order valence-corrected chi connectivity index (χ3v) is 1.21. The first-order valence-corrected chi connectivity index (χ1v) is 4.41. The quantitative estimate of drug-likeness (QED) is 0.382. The van der Waals surface area contributed by atoms with Crippen LogP contribution in [-0.4, -0.2) is 0 Å². The molecule has 0 rings (SSSR count). The Bertz CT molecular complexity index is 109. The van der Waals surface area contributed by atoms with Crippen molar-refractivity contribution in [3.05, 3.63) is 38.2 Å². The molecule has 0 aromatic rings. The molecule has 0 spiro atoms. The largest absolute Gasteiger partial charge is 2.00 e. The first kappa shape index (κ1) is 18.7. The van der Waals surface area contributed by atoms with Crippen LogP contribution >= 0.6 is 0 Å². The molecule has 0 fully saturated rings. The maximum Gasteiger partial charge on any atom is 2.00 e. The summed E-state index contributed by atoms with van der Waals surface area (Å²) >= 11 is 0. The molecule has 0 heterocycles. The Morgan fingerprint density at radius 3 is 1.15 bits per heavy atom. The fraction of sp³-hybridized carbons (Fsp3) is 0.500. The summed E-state index contributed by atoms with van der Waals surface area (Å²) in [4.78, 5) is 0. The van der Waals surface area contributed by atoms with Gasteiger partial charge in [0.1, 0.15) is 0 Å². The Hall–Kier alpha value is -0.000519. The van der Waals surface area contributed by atoms with Crippen molar-refractivity contribution in [2.45, 2.75) is 39.5 Å². The molecule has 0 aliphatic rings. The molecule has 0 aromatic heterocycles. The van der Waals surface area contributed by atoms with E-state index in [9.17, 15) is 0 Å². The van der Waals surface area contributed by atoms with E-state index in [0.717, 1.165) is 25.7 Å². The summed E-state index contributed by atoms with van der Waals surface area (Å²) in [5, 5.41) is 0. The third kappa shape index (κ3) is 33.3. The van der Waals surface area contributed by atoms with Crippen LogP contribution in [0.2, 0.25) is 0 Å². The van der Waals surface area contributed by atoms with Crippen molar-refractivity contribution in [1.82, 2.24) is 0 Å². The molecular formula is C12H22Cu. The van der Waals surface area contributed by atoms with Crippen LogP contribution in [0.4, 0.5) is 0 Å². The Morgan fingerprint density at radius 1 is 0.923 bits per heavy atom. The molecule has 81 valence electrons. The average Bonchev–Trinajstić information content (AvgIpc) is 1.87. The van der Waals surface area contributed by atoms with Crippen molar-refractivity contribution >= 4 is 0 Å². The summed E-state index contributed by atoms with van der Waals surface area (Å²) in [5.41, 5.74) is 2.45. The van der Waals surface area contributed by atoms with Crippen molar-refractivity contribution in [3.8, 4) is 0 Å². The van der Waals surface area contributed by atoms with E-state index in [0.29, 0.717) is 0 Å². The van der Waals surface area contributed by atoms with Crippen molar-refractivity contribution in [2.75, 3.05) is 0 Å². The SMILES string of the molecule is C=C(C)CC[CH2-].C=C(C)CC[CH2-].[Cu+2]. The van der Waals surface area contributed by atoms with Gasteiger partial charge in [-0.2, -0.15) is 12.8 Å². The minimum atomic E-state index is 0. The smallest absolute Gasteiger partial charge is 0.343 e. The maximum atomic E-state index is 3.70. The summed E-state index contributed by atoms with van der Waals surface area (Å²) in [6.45, 7) is 18.8. The molecule has 0 unspecified atom stereocenters. The van der Waals surface area contributed by atoms with Crippen LogP contribution in [-0.2, 0) is 17.1 Å². The molecule has 0 bridgehead atoms. The molecule has 13 heavy (non-hydrogen) atoms. The summed E-state index contributed by atoms with van der Waals surface area (Å²) in [5.74, 6) is 0. The Morgan fingerprint density at radius 2 is 1.15 bits per heavy atom. The van der Waals surface area contributed by atoms with Crippen LogP contribution in [0.3, 0.4) is 0 Å². The van der Waals surface area contributed by atoms with E-state index < -0.39 is 0 Å². The fourth-order valence-electron chi connectivity index (χ4n) is 0.604. The minimum Gasteiger partial charge on any atom is -0.343 e. The van der Waals surface area contributed by atoms with Crippen molar-refractivity contribution < 1.29 is 17.1 Å². The standard InChI is InChI=1S/2C6H11.Cu/c2*1-4-5-6(2)3;/h2*1-2,4-5H2,3H3;/q2*-1;+2. The summed E-state index contributed by atoms with van der Waals surface area (Å²) in [6, 6.07) is 0. The molecule has 0 N–H and O–H groups in total. The first-order chi connectivity index (χ1) is 5.54. The monoisotopic (exact) mass is 229 g/mol. The molecule has 0 aromatic carbocycles. The van der Waals surface area contributed by atoms with Gasteiger partial charge in [-0.15, -0.1) is 13.2 Å². The molecule has 0 aliphatic carbocycles. The zero-order valence-corrected chi connectivity index (χ0v) is 9.90. The molecule has 0 nitrogen and oxygen atoms in total. The van der Waals surface area contributed by atoms with Gasteiger partial charge >= 0.3 is 17.1 Å². The van der Waals surface area contributed by atoms with Crippen molar-refractivity contribution in [1.29, 1.82) is 0 Å². The topological polar surface area (TPSA) is 0 Å². The van der Waals surface area contributed by atoms with Gasteiger partial charge in [-0.3, -0.25) is 0 Å². The Kier molecular flexibility index (Phi) is 20.9. The normalized spacial score (nSPS) is 7.69. The molecule has 0 atom stereocenters. The number of hydrogen-bond acceptors (Lipinski definition) is 0. The second-order valence-corrected chi connectivity index (χ2v) is 3.12. The second kappa shape index (κ2) is 14.5. The van der Waals surface area contributed by atoms with Gasteiger partial charge in [-0.1, -0.05) is 24.0 Å². The minimum absolute atomic E-state index is 0. The predicted molar refractivity (Wildman–Crippen MR) is 58.8 cm³/mol. The van der Waals surface area contributed by atoms with Gasteiger partial charge in [0, 0.05) is 0 Å². The van der Waals surface area contributed by atoms with E-state index in [1.807, 2.05) is 13.8 Å². The number of rotatable bonds is 4. The van der Waals surface area contributed by atoms with E-state index in [4.69, 9.17) is 0 Å². The second-order valence-electron chi connectivity index (χ2n) is 3.12. The Labute approximate surface area is 95.0 Å². The van der Waals surface area contributed by atoms with Crippen molar-refractivity contribution in [2.24, 2.45) is 0 Å². The van der Waals surface area contributed by atoms with Crippen LogP contribution in [0, 0.1) is 13.8 Å². The fourth-order valence-corrected chi connectivity index (χ4v) is 0.604. The molecule has 0 aliphatic heterocycles. The van der Waals surface area contributed by atoms with E-state index in [-0.39, 0.29) is 17.1 Å². The van der Waals surface area contributed by atoms with Crippen LogP contribution in [0.1, 0.15) is 39.5 Å². The van der Waals surface area contributed by atoms with Crippen LogP contribution in [0.15, 0.2) is 24.3 Å². The van der Waals surface area contributed by atoms with Crippen LogP contribution < -0.4 is 0 Å². The first-order valence-electron chi connectivity index (χ1n) is 4.41. The zero-order chi connectivity index (χ0) is 9.98. The van der Waals surface area contributed by atoms with E-state index in [2.05, 4.69) is 27.0 Å². The van der Waals surface area contributed by atoms with E-state index in [1.165, 1.54) is 11.1 Å². The number of allylic oxidation sites excluding steroid dienone is 2. The van der Waals surface area contributed by atoms with Gasteiger partial charge in [0.2, 0.25) is 0 Å². The van der Waals surface area contributed by atoms with Gasteiger partial charge < -0.3 is 13.8 Å². The molecule has 1 heteroatoms. The van der Waals surface area contributed by atoms with Crippen molar-refractivity contribution in [3.63, 3.8) is 0 Å².